The number of nitrogens with zero attached hydrogens (tertiary/aromatic N) is 2. The molecular formula is C56H53N2O2+. The second-order valence-electron chi connectivity index (χ2n) is 17.2. The van der Waals surface area contributed by atoms with Crippen molar-refractivity contribution in [2.24, 2.45) is 5.41 Å². The molecule has 2 aromatic rings. The number of benzene rings is 3. The van der Waals surface area contributed by atoms with Crippen molar-refractivity contribution >= 4 is 22.9 Å². The minimum atomic E-state index is -0.226. The van der Waals surface area contributed by atoms with E-state index in [4.69, 9.17) is 41.3 Å². The lowest BCUT2D eigenvalue weighted by molar-refractivity contribution is 0.291. The summed E-state index contributed by atoms with van der Waals surface area (Å²) in [6.07, 6.45) is 42.6. The van der Waals surface area contributed by atoms with Crippen molar-refractivity contribution in [1.29, 1.82) is 0 Å². The SMILES string of the molecule is C#CCN(CC#C)c1ccc2c(c1)OC(C(C)(C)C)=C/C2=C\C=C1/CCCC(/C=C/c2cc(C(C)(C)C)oc3cc(=[N+](CC#C)CC#C)ccc2-3)=C1c1ccc(C#C)cc1. The van der Waals surface area contributed by atoms with Crippen LogP contribution in [0.2, 0.25) is 0 Å². The van der Waals surface area contributed by atoms with Gasteiger partial charge in [0, 0.05) is 45.3 Å². The number of allylic oxidation sites excluding steroid dienone is 9. The van der Waals surface area contributed by atoms with Gasteiger partial charge < -0.3 is 14.1 Å². The zero-order chi connectivity index (χ0) is 43.0. The molecule has 0 saturated heterocycles. The zero-order valence-corrected chi connectivity index (χ0v) is 35.8. The Morgan fingerprint density at radius 3 is 2.07 bits per heavy atom. The molecule has 2 aromatic carbocycles. The summed E-state index contributed by atoms with van der Waals surface area (Å²) in [6, 6.07) is 22.9. The molecule has 0 unspecified atom stereocenters. The van der Waals surface area contributed by atoms with Gasteiger partial charge in [0.25, 0.3) is 0 Å². The summed E-state index contributed by atoms with van der Waals surface area (Å²) in [5.41, 5.74) is 10.3. The number of fused-ring (bicyclic) bond motifs is 2. The second-order valence-corrected chi connectivity index (χ2v) is 17.2. The highest BCUT2D eigenvalue weighted by Gasteiger charge is 2.27. The van der Waals surface area contributed by atoms with E-state index >= 15 is 0 Å². The maximum Gasteiger partial charge on any atom is 0.205 e. The molecule has 0 saturated carbocycles. The largest absolute Gasteiger partial charge is 0.460 e. The first-order valence-corrected chi connectivity index (χ1v) is 20.4. The van der Waals surface area contributed by atoms with Crippen molar-refractivity contribution in [2.45, 2.75) is 66.2 Å². The van der Waals surface area contributed by atoms with Crippen molar-refractivity contribution in [1.82, 2.24) is 4.58 Å². The van der Waals surface area contributed by atoms with E-state index in [0.717, 1.165) is 86.7 Å². The molecular weight excluding hydrogens is 733 g/mol. The standard InChI is InChI=1S/C56H53N2O2/c1-12-32-57(33-13-2)46-28-30-48-44(36-52(55(6,7)8)59-50(48)38-46)26-24-41-18-17-19-42(54(41)43-22-20-40(16-5)21-23-43)25-27-45-37-53(56(9,10)11)60-51-39-47(29-31-49(45)51)58(34-14-3)35-15-4/h1-5,20-31,36-39H,17-19,32-35H2,6-11H3/q+1. The Kier molecular flexibility index (Phi) is 13.0. The van der Waals surface area contributed by atoms with Gasteiger partial charge in [0.05, 0.1) is 19.2 Å². The van der Waals surface area contributed by atoms with Crippen molar-refractivity contribution in [3.63, 3.8) is 0 Å². The van der Waals surface area contributed by atoms with Gasteiger partial charge in [-0.3, -0.25) is 0 Å². The highest BCUT2D eigenvalue weighted by molar-refractivity contribution is 5.88. The van der Waals surface area contributed by atoms with Crippen LogP contribution in [-0.2, 0) is 5.41 Å². The number of terminal acetylenes is 5. The molecule has 0 radical (unpaired) electrons. The van der Waals surface area contributed by atoms with Gasteiger partial charge in [0.15, 0.2) is 0 Å². The molecule has 6 rings (SSSR count). The van der Waals surface area contributed by atoms with Gasteiger partial charge in [0.1, 0.15) is 23.0 Å². The fourth-order valence-corrected chi connectivity index (χ4v) is 7.47. The van der Waals surface area contributed by atoms with Crippen LogP contribution in [0.15, 0.2) is 112 Å². The Labute approximate surface area is 358 Å². The fourth-order valence-electron chi connectivity index (χ4n) is 7.47. The third kappa shape index (κ3) is 9.63. The van der Waals surface area contributed by atoms with Crippen LogP contribution < -0.4 is 19.6 Å². The quantitative estimate of drug-likeness (QED) is 0.125. The van der Waals surface area contributed by atoms with E-state index in [-0.39, 0.29) is 10.8 Å². The van der Waals surface area contributed by atoms with Gasteiger partial charge in [-0.05, 0) is 107 Å². The van der Waals surface area contributed by atoms with E-state index in [1.54, 1.807) is 0 Å². The zero-order valence-electron chi connectivity index (χ0n) is 35.8. The van der Waals surface area contributed by atoms with Crippen molar-refractivity contribution in [2.75, 3.05) is 31.1 Å². The molecule has 0 bridgehead atoms. The van der Waals surface area contributed by atoms with Gasteiger partial charge >= 0.3 is 0 Å². The Morgan fingerprint density at radius 1 is 0.733 bits per heavy atom. The summed E-state index contributed by atoms with van der Waals surface area (Å²) in [5, 5.41) is 0.923. The molecule has 0 spiro atoms. The Balaban J connectivity index is 1.51. The summed E-state index contributed by atoms with van der Waals surface area (Å²) < 4.78 is 15.2. The summed E-state index contributed by atoms with van der Waals surface area (Å²) in [7, 11) is 0. The summed E-state index contributed by atoms with van der Waals surface area (Å²) in [4.78, 5) is 1.99. The first-order chi connectivity index (χ1) is 28.8. The first-order valence-electron chi connectivity index (χ1n) is 20.4. The minimum Gasteiger partial charge on any atom is -0.460 e. The number of hydrogen-bond acceptors (Lipinski definition) is 3. The maximum absolute atomic E-state index is 6.58. The molecule has 0 aromatic heterocycles. The topological polar surface area (TPSA) is 28.6 Å². The highest BCUT2D eigenvalue weighted by Crippen LogP contribution is 2.43. The van der Waals surface area contributed by atoms with E-state index in [2.05, 4.69) is 144 Å². The average Bonchev–Trinajstić information content (AvgIpc) is 3.23. The molecule has 0 fully saturated rings. The molecule has 4 heteroatoms. The number of anilines is 1. The van der Waals surface area contributed by atoms with Crippen LogP contribution in [0.4, 0.5) is 5.69 Å². The Bertz CT molecular complexity index is 2670. The van der Waals surface area contributed by atoms with Crippen LogP contribution in [0.25, 0.3) is 28.5 Å². The summed E-state index contributed by atoms with van der Waals surface area (Å²) in [6.45, 7) is 14.6. The van der Waals surface area contributed by atoms with Crippen LogP contribution in [0.5, 0.6) is 5.75 Å². The van der Waals surface area contributed by atoms with Crippen molar-refractivity contribution in [3.05, 3.63) is 141 Å². The Morgan fingerprint density at radius 2 is 1.43 bits per heavy atom. The smallest absolute Gasteiger partial charge is 0.205 e. The third-order valence-electron chi connectivity index (χ3n) is 10.7. The van der Waals surface area contributed by atoms with E-state index in [0.29, 0.717) is 26.2 Å². The lowest BCUT2D eigenvalue weighted by Gasteiger charge is -2.30. The normalized spacial score (nSPS) is 15.3. The molecule has 0 atom stereocenters. The molecule has 4 aliphatic rings. The molecule has 298 valence electrons. The monoisotopic (exact) mass is 785 g/mol. The lowest BCUT2D eigenvalue weighted by Crippen LogP contribution is -2.30. The lowest BCUT2D eigenvalue weighted by atomic mass is 9.82. The average molecular weight is 786 g/mol. The van der Waals surface area contributed by atoms with Gasteiger partial charge in [-0.1, -0.05) is 95.7 Å². The molecule has 0 amide bonds. The van der Waals surface area contributed by atoms with Crippen LogP contribution in [0, 0.1) is 67.1 Å². The second kappa shape index (κ2) is 18.3. The van der Waals surface area contributed by atoms with E-state index in [1.165, 1.54) is 16.7 Å². The third-order valence-corrected chi connectivity index (χ3v) is 10.7. The number of ether oxygens (including phenoxy) is 1. The first kappa shape index (κ1) is 42.6. The van der Waals surface area contributed by atoms with Crippen LogP contribution in [0.3, 0.4) is 0 Å². The summed E-state index contributed by atoms with van der Waals surface area (Å²) in [5.74, 6) is 17.0. The van der Waals surface area contributed by atoms with Crippen LogP contribution >= 0.6 is 0 Å². The maximum atomic E-state index is 6.58. The van der Waals surface area contributed by atoms with Gasteiger partial charge in [-0.15, -0.1) is 32.1 Å². The van der Waals surface area contributed by atoms with Crippen molar-refractivity contribution < 1.29 is 9.15 Å². The predicted molar refractivity (Wildman–Crippen MR) is 251 cm³/mol. The summed E-state index contributed by atoms with van der Waals surface area (Å²) >= 11 is 0. The van der Waals surface area contributed by atoms with E-state index in [1.807, 2.05) is 33.7 Å². The molecule has 2 heterocycles. The molecule has 60 heavy (non-hydrogen) atoms. The van der Waals surface area contributed by atoms with Crippen LogP contribution in [0.1, 0.15) is 88.8 Å². The molecule has 0 N–H and O–H groups in total. The molecule has 2 aliphatic carbocycles. The van der Waals surface area contributed by atoms with Gasteiger partial charge in [-0.2, -0.15) is 0 Å². The van der Waals surface area contributed by atoms with Crippen LogP contribution in [-0.4, -0.2) is 26.2 Å². The fraction of sp³-hybridized carbons (Fsp3) is 0.268. The molecule has 2 aliphatic heterocycles. The molecule has 4 nitrogen and oxygen atoms in total. The highest BCUT2D eigenvalue weighted by atomic mass is 16.5. The number of rotatable bonds is 9. The van der Waals surface area contributed by atoms with Crippen molar-refractivity contribution in [3.8, 4) is 78.8 Å². The van der Waals surface area contributed by atoms with E-state index < -0.39 is 0 Å². The predicted octanol–water partition coefficient (Wildman–Crippen LogP) is 10.8. The van der Waals surface area contributed by atoms with Gasteiger partial charge in [-0.25, -0.2) is 4.58 Å². The van der Waals surface area contributed by atoms with Gasteiger partial charge in [0.2, 0.25) is 18.4 Å². The minimum absolute atomic E-state index is 0.226. The Hall–Kier alpha value is -7.03. The van der Waals surface area contributed by atoms with E-state index in [9.17, 15) is 0 Å². The number of hydrogen-bond donors (Lipinski definition) is 0.